The van der Waals surface area contributed by atoms with Gasteiger partial charge in [-0.15, -0.1) is 0 Å². The van der Waals surface area contributed by atoms with Gasteiger partial charge in [0.25, 0.3) is 11.8 Å². The molecule has 2 amide bonds. The van der Waals surface area contributed by atoms with E-state index < -0.39 is 12.1 Å². The van der Waals surface area contributed by atoms with Crippen LogP contribution in [-0.4, -0.2) is 71.5 Å². The third kappa shape index (κ3) is 6.00. The lowest BCUT2D eigenvalue weighted by Crippen LogP contribution is -2.52. The van der Waals surface area contributed by atoms with Gasteiger partial charge in [0.1, 0.15) is 6.54 Å². The van der Waals surface area contributed by atoms with Gasteiger partial charge < -0.3 is 19.9 Å². The van der Waals surface area contributed by atoms with Crippen molar-refractivity contribution in [1.82, 2.24) is 20.2 Å². The molecular weight excluding hydrogens is 398 g/mol. The maximum Gasteiger partial charge on any atom is 0.326 e. The number of hydrogen-bond donors (Lipinski definition) is 1. The number of nitrogens with zero attached hydrogens (tertiary/aromatic N) is 4. The molecular formula is C22H27N5O4. The summed E-state index contributed by atoms with van der Waals surface area (Å²) in [6.07, 6.45) is 2.44. The van der Waals surface area contributed by atoms with Crippen molar-refractivity contribution in [2.24, 2.45) is 0 Å². The fourth-order valence-corrected chi connectivity index (χ4v) is 3.49. The van der Waals surface area contributed by atoms with Gasteiger partial charge in [-0.2, -0.15) is 0 Å². The zero-order valence-corrected chi connectivity index (χ0v) is 18.0. The van der Waals surface area contributed by atoms with Gasteiger partial charge in [0, 0.05) is 44.1 Å². The quantitative estimate of drug-likeness (QED) is 0.691. The van der Waals surface area contributed by atoms with Crippen LogP contribution < -0.4 is 10.2 Å². The van der Waals surface area contributed by atoms with E-state index in [1.165, 1.54) is 0 Å². The number of hydrogen-bond acceptors (Lipinski definition) is 7. The number of nitrogens with one attached hydrogen (secondary N) is 1. The second-order valence-electron chi connectivity index (χ2n) is 7.55. The van der Waals surface area contributed by atoms with E-state index in [1.54, 1.807) is 42.4 Å². The van der Waals surface area contributed by atoms with Gasteiger partial charge in [-0.05, 0) is 39.0 Å². The summed E-state index contributed by atoms with van der Waals surface area (Å²) in [4.78, 5) is 49.1. The van der Waals surface area contributed by atoms with Crippen molar-refractivity contribution >= 4 is 23.7 Å². The van der Waals surface area contributed by atoms with Crippen molar-refractivity contribution in [3.05, 3.63) is 53.3 Å². The second kappa shape index (κ2) is 10.0. The zero-order chi connectivity index (χ0) is 22.4. The molecule has 9 heteroatoms. The molecule has 2 heterocycles. The fourth-order valence-electron chi connectivity index (χ4n) is 3.49. The van der Waals surface area contributed by atoms with E-state index in [1.807, 2.05) is 24.8 Å². The minimum absolute atomic E-state index is 0.261. The highest BCUT2D eigenvalue weighted by atomic mass is 16.5. The molecule has 9 nitrogen and oxygen atoms in total. The molecule has 1 aromatic heterocycles. The summed E-state index contributed by atoms with van der Waals surface area (Å²) in [5.41, 5.74) is 2.41. The van der Waals surface area contributed by atoms with E-state index in [2.05, 4.69) is 15.3 Å². The van der Waals surface area contributed by atoms with Crippen LogP contribution in [0.25, 0.3) is 0 Å². The average molecular weight is 425 g/mol. The van der Waals surface area contributed by atoms with Gasteiger partial charge in [0.15, 0.2) is 6.10 Å². The Balaban J connectivity index is 1.44. The van der Waals surface area contributed by atoms with E-state index in [0.717, 1.165) is 11.1 Å². The van der Waals surface area contributed by atoms with Crippen LogP contribution in [0.1, 0.15) is 28.4 Å². The van der Waals surface area contributed by atoms with Crippen LogP contribution in [-0.2, 0) is 14.3 Å². The van der Waals surface area contributed by atoms with Crippen LogP contribution in [0.3, 0.4) is 0 Å². The predicted molar refractivity (Wildman–Crippen MR) is 115 cm³/mol. The Morgan fingerprint density at radius 1 is 1.03 bits per heavy atom. The minimum Gasteiger partial charge on any atom is -0.451 e. The van der Waals surface area contributed by atoms with Crippen LogP contribution >= 0.6 is 0 Å². The van der Waals surface area contributed by atoms with Crippen LogP contribution in [0, 0.1) is 13.8 Å². The van der Waals surface area contributed by atoms with E-state index in [0.29, 0.717) is 37.7 Å². The molecule has 0 aliphatic carbocycles. The maximum absolute atomic E-state index is 12.6. The van der Waals surface area contributed by atoms with Gasteiger partial charge in [0.05, 0.1) is 0 Å². The molecule has 0 radical (unpaired) electrons. The molecule has 1 unspecified atom stereocenters. The van der Waals surface area contributed by atoms with E-state index in [-0.39, 0.29) is 18.4 Å². The highest BCUT2D eigenvalue weighted by molar-refractivity contribution is 5.96. The largest absolute Gasteiger partial charge is 0.451 e. The van der Waals surface area contributed by atoms with Gasteiger partial charge in [-0.25, -0.2) is 9.97 Å². The van der Waals surface area contributed by atoms with Crippen LogP contribution in [0.15, 0.2) is 36.7 Å². The van der Waals surface area contributed by atoms with Gasteiger partial charge in [-0.3, -0.25) is 14.4 Å². The molecule has 1 atom stereocenters. The Morgan fingerprint density at radius 3 is 2.26 bits per heavy atom. The number of amides is 2. The number of piperazine rings is 1. The number of aryl methyl sites for hydroxylation is 2. The first-order valence-electron chi connectivity index (χ1n) is 10.2. The molecule has 1 saturated heterocycles. The Hall–Kier alpha value is -3.49. The van der Waals surface area contributed by atoms with Gasteiger partial charge in [-0.1, -0.05) is 17.2 Å². The van der Waals surface area contributed by atoms with E-state index in [9.17, 15) is 14.4 Å². The van der Waals surface area contributed by atoms with Crippen molar-refractivity contribution in [3.63, 3.8) is 0 Å². The molecule has 1 fully saturated rings. The first kappa shape index (κ1) is 22.2. The fraction of sp³-hybridized carbons (Fsp3) is 0.409. The third-order valence-electron chi connectivity index (χ3n) is 4.96. The number of carbonyl (C=O) groups excluding carboxylic acids is 3. The van der Waals surface area contributed by atoms with E-state index >= 15 is 0 Å². The first-order valence-corrected chi connectivity index (χ1v) is 10.2. The SMILES string of the molecule is Cc1cc(C)cc(C(=O)NCC(=O)OC(C)C(=O)N2CCN(c3ncccn3)CC2)c1. The molecule has 1 aromatic carbocycles. The Bertz CT molecular complexity index is 922. The molecule has 3 rings (SSSR count). The summed E-state index contributed by atoms with van der Waals surface area (Å²) in [7, 11) is 0. The summed E-state index contributed by atoms with van der Waals surface area (Å²) in [5.74, 6) is -0.645. The number of ether oxygens (including phenoxy) is 1. The summed E-state index contributed by atoms with van der Waals surface area (Å²) < 4.78 is 5.23. The molecule has 1 aliphatic heterocycles. The van der Waals surface area contributed by atoms with Crippen molar-refractivity contribution in [2.45, 2.75) is 26.9 Å². The lowest BCUT2D eigenvalue weighted by atomic mass is 10.1. The summed E-state index contributed by atoms with van der Waals surface area (Å²) in [6, 6.07) is 7.22. The van der Waals surface area contributed by atoms with Crippen LogP contribution in [0.5, 0.6) is 0 Å². The van der Waals surface area contributed by atoms with Crippen molar-refractivity contribution in [3.8, 4) is 0 Å². The summed E-state index contributed by atoms with van der Waals surface area (Å²) in [5, 5.41) is 2.54. The van der Waals surface area contributed by atoms with Gasteiger partial charge >= 0.3 is 5.97 Å². The summed E-state index contributed by atoms with van der Waals surface area (Å²) in [6.45, 7) is 7.22. The molecule has 2 aromatic rings. The lowest BCUT2D eigenvalue weighted by Gasteiger charge is -2.35. The van der Waals surface area contributed by atoms with E-state index in [4.69, 9.17) is 4.74 Å². The Morgan fingerprint density at radius 2 is 1.65 bits per heavy atom. The molecule has 31 heavy (non-hydrogen) atoms. The zero-order valence-electron chi connectivity index (χ0n) is 18.0. The lowest BCUT2D eigenvalue weighted by molar-refractivity contribution is -0.158. The summed E-state index contributed by atoms with van der Waals surface area (Å²) >= 11 is 0. The van der Waals surface area contributed by atoms with Crippen molar-refractivity contribution in [1.29, 1.82) is 0 Å². The number of rotatable bonds is 6. The number of esters is 1. The molecule has 1 N–H and O–H groups in total. The number of carbonyl (C=O) groups is 3. The first-order chi connectivity index (χ1) is 14.8. The monoisotopic (exact) mass is 425 g/mol. The predicted octanol–water partition coefficient (Wildman–Crippen LogP) is 1.10. The Kier molecular flexibility index (Phi) is 7.17. The molecule has 0 spiro atoms. The van der Waals surface area contributed by atoms with Crippen LogP contribution in [0.4, 0.5) is 5.95 Å². The van der Waals surface area contributed by atoms with Crippen LogP contribution in [0.2, 0.25) is 0 Å². The third-order valence-corrected chi connectivity index (χ3v) is 4.96. The highest BCUT2D eigenvalue weighted by Gasteiger charge is 2.28. The highest BCUT2D eigenvalue weighted by Crippen LogP contribution is 2.12. The number of aromatic nitrogens is 2. The normalized spacial score (nSPS) is 14.7. The average Bonchev–Trinajstić information content (AvgIpc) is 2.77. The van der Waals surface area contributed by atoms with Gasteiger partial charge in [0.2, 0.25) is 5.95 Å². The second-order valence-corrected chi connectivity index (χ2v) is 7.55. The molecule has 164 valence electrons. The standard InChI is InChI=1S/C22H27N5O4/c1-15-11-16(2)13-18(12-15)20(29)25-14-19(28)31-17(3)21(30)26-7-9-27(10-8-26)22-23-5-4-6-24-22/h4-6,11-13,17H,7-10,14H2,1-3H3,(H,25,29). The van der Waals surface area contributed by atoms with Crippen molar-refractivity contribution in [2.75, 3.05) is 37.6 Å². The minimum atomic E-state index is -0.926. The Labute approximate surface area is 181 Å². The number of benzene rings is 1. The molecule has 1 aliphatic rings. The number of anilines is 1. The molecule has 0 bridgehead atoms. The topological polar surface area (TPSA) is 105 Å². The van der Waals surface area contributed by atoms with Crippen molar-refractivity contribution < 1.29 is 19.1 Å². The molecule has 0 saturated carbocycles. The smallest absolute Gasteiger partial charge is 0.326 e. The maximum atomic E-state index is 12.6.